The highest BCUT2D eigenvalue weighted by atomic mass is 31.2. The van der Waals surface area contributed by atoms with E-state index in [0.717, 1.165) is 32.7 Å². The number of aliphatic hydroxyl groups is 3. The molecule has 42 nitrogen and oxygen atoms in total. The zero-order chi connectivity index (χ0) is 93.1. The zero-order valence-corrected chi connectivity index (χ0v) is 68.4. The Morgan fingerprint density at radius 2 is 0.692 bits per heavy atom. The van der Waals surface area contributed by atoms with Crippen molar-refractivity contribution in [1.82, 2.24) is 58.6 Å². The number of esters is 3. The molecule has 0 bridgehead atoms. The first-order chi connectivity index (χ1) is 58.8. The van der Waals surface area contributed by atoms with Crippen LogP contribution >= 0.6 is 22.8 Å². The number of fused-ring (bicyclic) bond motifs is 3. The zero-order valence-electron chi connectivity index (χ0n) is 71.7. The summed E-state index contributed by atoms with van der Waals surface area (Å²) < 4.78 is 206. The average Bonchev–Trinajstić information content (AvgIpc) is 1.58. The third-order valence-electron chi connectivity index (χ3n) is 18.2. The van der Waals surface area contributed by atoms with Crippen LogP contribution in [-0.2, 0) is 70.1 Å². The molecule has 3 saturated heterocycles. The van der Waals surface area contributed by atoms with Crippen molar-refractivity contribution in [2.24, 2.45) is 35.0 Å². The quantitative estimate of drug-likeness (QED) is 0.0153. The van der Waals surface area contributed by atoms with Crippen molar-refractivity contribution in [2.45, 2.75) is 153 Å². The number of rotatable bonds is 33. The number of benzene rings is 3. The van der Waals surface area contributed by atoms with Crippen LogP contribution in [0.25, 0.3) is 33.5 Å². The highest BCUT2D eigenvalue weighted by Crippen LogP contribution is 2.55. The Morgan fingerprint density at radius 1 is 0.458 bits per heavy atom. The molecular weight excluding hydrogens is 1650 g/mol. The number of carbonyl (C=O) groups excluding carboxylic acids is 3. The van der Waals surface area contributed by atoms with Gasteiger partial charge in [0.15, 0.2) is 52.2 Å². The first-order valence-corrected chi connectivity index (χ1v) is 42.0. The van der Waals surface area contributed by atoms with Crippen LogP contribution in [0.2, 0.25) is 0 Å². The van der Waals surface area contributed by atoms with Crippen molar-refractivity contribution in [1.29, 1.82) is 0 Å². The summed E-state index contributed by atoms with van der Waals surface area (Å²) in [6, 6.07) is 23.1. The van der Waals surface area contributed by atoms with Gasteiger partial charge in [0, 0.05) is 0 Å². The molecule has 9 aromatic rings. The van der Waals surface area contributed by atoms with Crippen LogP contribution in [0.1, 0.15) is 89.2 Å². The maximum atomic E-state index is 14.5. The van der Waals surface area contributed by atoms with Gasteiger partial charge in [-0.05, 0) is 77.9 Å². The van der Waals surface area contributed by atoms with Gasteiger partial charge in [-0.3, -0.25) is 71.0 Å². The molecule has 12 rings (SSSR count). The first kappa shape index (κ1) is 83.6. The van der Waals surface area contributed by atoms with Gasteiger partial charge in [0.2, 0.25) is 17.8 Å². The third-order valence-corrected chi connectivity index (χ3v) is 23.8. The second kappa shape index (κ2) is 38.3. The number of nitrogens with one attached hydrogen (secondary N) is 3. The Bertz CT molecular complexity index is 5170. The largest absolute Gasteiger partial charge is 0.463 e. The molecule has 0 spiro atoms. The maximum Gasteiger partial charge on any atom is 0.380 e. The number of carbonyl (C=O) groups is 3. The summed E-state index contributed by atoms with van der Waals surface area (Å²) in [6.45, 7) is 0.266. The highest BCUT2D eigenvalue weighted by Gasteiger charge is 2.59. The van der Waals surface area contributed by atoms with Crippen molar-refractivity contribution in [2.75, 3.05) is 75.4 Å². The van der Waals surface area contributed by atoms with Crippen molar-refractivity contribution >= 4 is 92.0 Å². The molecule has 120 heavy (non-hydrogen) atoms. The number of aliphatic hydroxyl groups excluding tert-OH is 3. The summed E-state index contributed by atoms with van der Waals surface area (Å²) in [6.07, 6.45) is -17.6. The van der Waals surface area contributed by atoms with Crippen LogP contribution in [0.15, 0.2) is 124 Å². The average molecular weight is 1750 g/mol. The number of hydrogen-bond acceptors (Lipinski definition) is 36. The van der Waals surface area contributed by atoms with Crippen LogP contribution < -0.4 is 64.7 Å². The molecule has 48 heteroatoms. The Morgan fingerprint density at radius 3 is 0.908 bits per heavy atom. The predicted molar refractivity (Wildman–Crippen MR) is 424 cm³/mol. The number of nitrogens with zero attached hydrogens (tertiary/aromatic N) is 9. The Labute approximate surface area is 689 Å². The maximum absolute atomic E-state index is 14.5. The number of nitrogens with two attached hydrogens (primary N) is 6. The number of ether oxygens (including phenoxy) is 6. The van der Waals surface area contributed by atoms with Gasteiger partial charge >= 0.3 is 40.7 Å². The number of aromatic amines is 3. The van der Waals surface area contributed by atoms with Crippen molar-refractivity contribution < 1.29 is 120 Å². The van der Waals surface area contributed by atoms with E-state index in [1.54, 1.807) is 96.1 Å². The van der Waals surface area contributed by atoms with E-state index in [4.69, 9.17) is 98.2 Å². The van der Waals surface area contributed by atoms with E-state index in [1.807, 2.05) is 0 Å². The Kier molecular flexibility index (Phi) is 26.7. The molecule has 0 saturated carbocycles. The normalized spacial score (nSPS) is 26.2. The number of aromatic nitrogens is 12. The molecule has 3 aromatic carbocycles. The van der Waals surface area contributed by atoms with E-state index in [2.05, 4.69) is 44.9 Å². The lowest BCUT2D eigenvalue weighted by Crippen LogP contribution is -2.56. The molecule has 3 aliphatic heterocycles. The van der Waals surface area contributed by atoms with Crippen LogP contribution in [0, 0.1) is 17.8 Å². The topological polar surface area (TPSA) is 621 Å². The van der Waals surface area contributed by atoms with E-state index in [-0.39, 0.29) is 68.6 Å². The van der Waals surface area contributed by atoms with Crippen molar-refractivity contribution in [3.8, 4) is 17.2 Å². The van der Waals surface area contributed by atoms with Crippen LogP contribution in [0.4, 0.5) is 31.0 Å². The summed E-state index contributed by atoms with van der Waals surface area (Å²) >= 11 is 0. The van der Waals surface area contributed by atoms with Gasteiger partial charge in [0.25, 0.3) is 16.7 Å². The molecule has 18 N–H and O–H groups in total. The summed E-state index contributed by atoms with van der Waals surface area (Å²) in [5.74, 6) is -6.13. The summed E-state index contributed by atoms with van der Waals surface area (Å²) in [4.78, 5) is 105. The van der Waals surface area contributed by atoms with Crippen molar-refractivity contribution in [3.05, 3.63) is 141 Å². The molecule has 0 amide bonds. The molecule has 654 valence electrons. The fraction of sp³-hybridized carbons (Fsp3) is 0.500. The molecule has 3 fully saturated rings. The molecule has 9 heterocycles. The van der Waals surface area contributed by atoms with Crippen LogP contribution in [-0.4, -0.2) is 222 Å². The smallest absolute Gasteiger partial charge is 0.380 e. The number of hydrogen-bond donors (Lipinski definition) is 12. The fourth-order valence-electron chi connectivity index (χ4n) is 12.2. The van der Waals surface area contributed by atoms with E-state index in [9.17, 15) is 71.0 Å². The standard InChI is InChI=1S/3C24H32FN6O8P/c3*1-13(2)37-21(34)14(3)10-40(35,39-15-7-5-4-6-8-15)36-9-16-18(32)24(27,11-25)22(38-16)31-12-28-17-19(31)29-23(26)30-20(17)33/h3*4-8,12-14,16,18,22,32H,9-11,27H2,1-3H3,(H3,26,29,30,33)/t14-,16-,18+,22-,24?,40?;14-,16-,18+,22-,24?,40+;14-,16-,18+,22-,24?,40-/m111/s1/i3*9D2. The van der Waals surface area contributed by atoms with E-state index in [0.29, 0.717) is 0 Å². The minimum absolute atomic E-state index is 0.0440. The van der Waals surface area contributed by atoms with E-state index >= 15 is 0 Å². The number of alkyl halides is 3. The third kappa shape index (κ3) is 21.1. The van der Waals surface area contributed by atoms with Gasteiger partial charge in [-0.15, -0.1) is 0 Å². The van der Waals surface area contributed by atoms with Crippen LogP contribution in [0.3, 0.4) is 0 Å². The van der Waals surface area contributed by atoms with Crippen molar-refractivity contribution in [3.63, 3.8) is 0 Å². The Balaban J connectivity index is 0.000000197. The highest BCUT2D eigenvalue weighted by molar-refractivity contribution is 7.55. The predicted octanol–water partition coefficient (Wildman–Crippen LogP) is 4.51. The second-order valence-electron chi connectivity index (χ2n) is 29.0. The molecule has 4 unspecified atom stereocenters. The van der Waals surface area contributed by atoms with E-state index < -0.39 is 224 Å². The monoisotopic (exact) mass is 1750 g/mol. The van der Waals surface area contributed by atoms with Gasteiger partial charge < -0.3 is 91.7 Å². The fourth-order valence-corrected chi connectivity index (χ4v) is 17.4. The summed E-state index contributed by atoms with van der Waals surface area (Å²) in [5, 5.41) is 33.3. The molecular formula is C72H96F3N18O24P3. The van der Waals surface area contributed by atoms with Gasteiger partial charge in [-0.25, -0.2) is 41.8 Å². The van der Waals surface area contributed by atoms with Gasteiger partial charge in [0.05, 0.1) is 101 Å². The summed E-state index contributed by atoms with van der Waals surface area (Å²) in [5.41, 5.74) is 25.4. The van der Waals surface area contributed by atoms with Crippen LogP contribution in [0.5, 0.6) is 17.2 Å². The Hall–Kier alpha value is -10.1. The molecule has 0 radical (unpaired) electrons. The number of anilines is 3. The number of H-pyrrole nitrogens is 3. The minimum atomic E-state index is -4.57. The van der Waals surface area contributed by atoms with E-state index in [1.165, 1.54) is 57.2 Å². The lowest BCUT2D eigenvalue weighted by molar-refractivity contribution is -0.152. The lowest BCUT2D eigenvalue weighted by atomic mass is 9.92. The second-order valence-corrected chi connectivity index (χ2v) is 34.9. The molecule has 3 aliphatic rings. The first-order valence-electron chi connectivity index (χ1n) is 39.8. The molecule has 18 atom stereocenters. The SMILES string of the molecule is [2H]C([2H])(OP(=O)(C[C@@H](C)C(=O)OC(C)C)Oc1ccccc1)[C@H]1O[C@@H](n2cnc3c(=O)[nH]c(N)nc32)C(N)(CF)[C@H]1O.[2H]C([2H])(O[P@@](=O)(C[C@@H](C)C(=O)OC(C)C)Oc1ccccc1)[C@H]1O[C@@H](n2cnc3c(=O)[nH]c(N)nc32)C(N)(CF)[C@H]1O.[2H]C([2H])(O[P@](=O)(C[C@@H](C)C(=O)OC(C)C)Oc1ccccc1)[C@H]1O[C@@H](n2cnc3c(=O)[nH]c(N)nc32)C(N)(CF)[C@H]1O. The summed E-state index contributed by atoms with van der Waals surface area (Å²) in [7, 11) is -13.7. The minimum Gasteiger partial charge on any atom is -0.463 e. The number of para-hydroxylation sites is 3. The van der Waals surface area contributed by atoms with Gasteiger partial charge in [-0.2, -0.15) is 15.0 Å². The number of nitrogen functional groups attached to an aromatic ring is 3. The molecule has 0 aliphatic carbocycles. The number of halogens is 3. The van der Waals surface area contributed by atoms with Gasteiger partial charge in [0.1, 0.15) is 90.5 Å². The lowest BCUT2D eigenvalue weighted by Gasteiger charge is -2.30. The van der Waals surface area contributed by atoms with Gasteiger partial charge in [-0.1, -0.05) is 75.4 Å². The molecule has 6 aromatic heterocycles. The number of imidazole rings is 3.